The monoisotopic (exact) mass is 428 g/mol. The molecule has 1 amide bonds. The van der Waals surface area contributed by atoms with E-state index in [1.807, 2.05) is 103 Å². The van der Waals surface area contributed by atoms with Crippen molar-refractivity contribution in [3.8, 4) is 5.69 Å². The maximum absolute atomic E-state index is 13.2. The molecular weight excluding hydrogens is 404 g/mol. The fraction of sp³-hybridized carbons (Fsp3) is 0.160. The summed E-state index contributed by atoms with van der Waals surface area (Å²) in [5.74, 6) is -0.0537. The second-order valence-electron chi connectivity index (χ2n) is 7.29. The summed E-state index contributed by atoms with van der Waals surface area (Å²) in [7, 11) is 0. The minimum Gasteiger partial charge on any atom is -0.344 e. The lowest BCUT2D eigenvalue weighted by Gasteiger charge is -2.22. The van der Waals surface area contributed by atoms with Crippen LogP contribution in [0, 0.1) is 6.92 Å². The fourth-order valence-corrected chi connectivity index (χ4v) is 4.27. The number of hydrogen-bond donors (Lipinski definition) is 1. The zero-order chi connectivity index (χ0) is 21.6. The van der Waals surface area contributed by atoms with Crippen molar-refractivity contribution in [3.05, 3.63) is 108 Å². The number of carbonyl (C=O) groups is 1. The van der Waals surface area contributed by atoms with Gasteiger partial charge in [-0.15, -0.1) is 10.2 Å². The third-order valence-corrected chi connectivity index (χ3v) is 6.15. The van der Waals surface area contributed by atoms with Gasteiger partial charge in [0.15, 0.2) is 5.16 Å². The molecule has 3 aromatic carbocycles. The van der Waals surface area contributed by atoms with Gasteiger partial charge in [0.2, 0.25) is 5.91 Å². The van der Waals surface area contributed by atoms with Gasteiger partial charge < -0.3 is 5.32 Å². The zero-order valence-electron chi connectivity index (χ0n) is 17.5. The van der Waals surface area contributed by atoms with Crippen molar-refractivity contribution in [1.82, 2.24) is 20.1 Å². The van der Waals surface area contributed by atoms with Gasteiger partial charge >= 0.3 is 0 Å². The van der Waals surface area contributed by atoms with Gasteiger partial charge in [-0.2, -0.15) is 0 Å². The number of aromatic nitrogens is 3. The maximum Gasteiger partial charge on any atom is 0.234 e. The predicted molar refractivity (Wildman–Crippen MR) is 124 cm³/mol. The van der Waals surface area contributed by atoms with Crippen molar-refractivity contribution in [1.29, 1.82) is 0 Å². The molecule has 0 aliphatic heterocycles. The molecule has 0 aliphatic rings. The SMILES string of the molecule is Cc1ccccc1-n1cnnc1SC(C)C(=O)NC(c1ccccc1)c1ccccc1. The Kier molecular flexibility index (Phi) is 6.48. The number of hydrogen-bond acceptors (Lipinski definition) is 4. The van der Waals surface area contributed by atoms with E-state index in [0.29, 0.717) is 5.16 Å². The number of amides is 1. The van der Waals surface area contributed by atoms with Gasteiger partial charge in [-0.05, 0) is 36.6 Å². The fourth-order valence-electron chi connectivity index (χ4n) is 3.43. The van der Waals surface area contributed by atoms with Crippen LogP contribution in [0.1, 0.15) is 29.7 Å². The van der Waals surface area contributed by atoms with Crippen molar-refractivity contribution in [3.63, 3.8) is 0 Å². The van der Waals surface area contributed by atoms with E-state index in [9.17, 15) is 4.79 Å². The number of thioether (sulfide) groups is 1. The van der Waals surface area contributed by atoms with Crippen LogP contribution in [0.2, 0.25) is 0 Å². The van der Waals surface area contributed by atoms with Crippen LogP contribution in [0.5, 0.6) is 0 Å². The molecule has 0 radical (unpaired) electrons. The first kappa shape index (κ1) is 20.9. The molecule has 5 nitrogen and oxygen atoms in total. The summed E-state index contributed by atoms with van der Waals surface area (Å²) >= 11 is 1.40. The molecule has 31 heavy (non-hydrogen) atoms. The Hall–Kier alpha value is -3.38. The molecule has 4 aromatic rings. The highest BCUT2D eigenvalue weighted by atomic mass is 32.2. The van der Waals surface area contributed by atoms with E-state index in [4.69, 9.17) is 0 Å². The first-order chi connectivity index (χ1) is 15.1. The van der Waals surface area contributed by atoms with E-state index >= 15 is 0 Å². The van der Waals surface area contributed by atoms with Gasteiger partial charge in [-0.3, -0.25) is 9.36 Å². The number of nitrogens with zero attached hydrogens (tertiary/aromatic N) is 3. The summed E-state index contributed by atoms with van der Waals surface area (Å²) in [6.07, 6.45) is 1.69. The first-order valence-electron chi connectivity index (χ1n) is 10.2. The van der Waals surface area contributed by atoms with Crippen LogP contribution in [-0.4, -0.2) is 25.9 Å². The number of carbonyl (C=O) groups excluding carboxylic acids is 1. The van der Waals surface area contributed by atoms with E-state index < -0.39 is 0 Å². The molecule has 1 unspecified atom stereocenters. The van der Waals surface area contributed by atoms with Gasteiger partial charge in [-0.25, -0.2) is 0 Å². The summed E-state index contributed by atoms with van der Waals surface area (Å²) in [4.78, 5) is 13.2. The highest BCUT2D eigenvalue weighted by Crippen LogP contribution is 2.27. The third kappa shape index (κ3) is 4.86. The van der Waals surface area contributed by atoms with Crippen molar-refractivity contribution < 1.29 is 4.79 Å². The normalized spacial score (nSPS) is 12.0. The van der Waals surface area contributed by atoms with Crippen LogP contribution in [0.3, 0.4) is 0 Å². The predicted octanol–water partition coefficient (Wildman–Crippen LogP) is 4.96. The van der Waals surface area contributed by atoms with Gasteiger partial charge in [0.25, 0.3) is 0 Å². The molecule has 156 valence electrons. The van der Waals surface area contributed by atoms with Crippen LogP contribution < -0.4 is 5.32 Å². The summed E-state index contributed by atoms with van der Waals surface area (Å²) in [6, 6.07) is 27.9. The number of benzene rings is 3. The molecule has 0 spiro atoms. The molecular formula is C25H24N4OS. The van der Waals surface area contributed by atoms with Gasteiger partial charge in [0.05, 0.1) is 17.0 Å². The number of para-hydroxylation sites is 1. The lowest BCUT2D eigenvalue weighted by molar-refractivity contribution is -0.120. The van der Waals surface area contributed by atoms with E-state index in [0.717, 1.165) is 22.4 Å². The van der Waals surface area contributed by atoms with E-state index in [1.165, 1.54) is 11.8 Å². The average molecular weight is 429 g/mol. The molecule has 0 bridgehead atoms. The molecule has 4 rings (SSSR count). The van der Waals surface area contributed by atoms with Gasteiger partial charge in [0, 0.05) is 0 Å². The quantitative estimate of drug-likeness (QED) is 0.423. The second-order valence-corrected chi connectivity index (χ2v) is 8.60. The number of nitrogens with one attached hydrogen (secondary N) is 1. The Morgan fingerprint density at radius 2 is 1.48 bits per heavy atom. The Morgan fingerprint density at radius 3 is 2.10 bits per heavy atom. The molecule has 1 N–H and O–H groups in total. The molecule has 0 saturated carbocycles. The number of aryl methyl sites for hydroxylation is 1. The molecule has 0 saturated heterocycles. The maximum atomic E-state index is 13.2. The molecule has 1 heterocycles. The Bertz CT molecular complexity index is 1100. The summed E-state index contributed by atoms with van der Waals surface area (Å²) < 4.78 is 1.93. The largest absolute Gasteiger partial charge is 0.344 e. The highest BCUT2D eigenvalue weighted by Gasteiger charge is 2.23. The van der Waals surface area contributed by atoms with Gasteiger partial charge in [-0.1, -0.05) is 90.6 Å². The average Bonchev–Trinajstić information content (AvgIpc) is 3.26. The minimum absolute atomic E-state index is 0.0537. The minimum atomic E-state index is -0.345. The second kappa shape index (κ2) is 9.62. The number of rotatable bonds is 7. The van der Waals surface area contributed by atoms with Crippen LogP contribution in [-0.2, 0) is 4.79 Å². The van der Waals surface area contributed by atoms with Crippen LogP contribution >= 0.6 is 11.8 Å². The Morgan fingerprint density at radius 1 is 0.903 bits per heavy atom. The van der Waals surface area contributed by atoms with E-state index in [2.05, 4.69) is 15.5 Å². The standard InChI is InChI=1S/C25H24N4OS/c1-18-11-9-10-16-22(18)29-17-26-28-25(29)31-19(2)24(30)27-23(20-12-5-3-6-13-20)21-14-7-4-8-15-21/h3-17,19,23H,1-2H3,(H,27,30). The Labute approximate surface area is 186 Å². The molecule has 1 aromatic heterocycles. The van der Waals surface area contributed by atoms with Crippen molar-refractivity contribution >= 4 is 17.7 Å². The van der Waals surface area contributed by atoms with Crippen LogP contribution in [0.4, 0.5) is 0 Å². The zero-order valence-corrected chi connectivity index (χ0v) is 18.3. The Balaban J connectivity index is 1.53. The van der Waals surface area contributed by atoms with Crippen LogP contribution in [0.25, 0.3) is 5.69 Å². The third-order valence-electron chi connectivity index (χ3n) is 5.10. The molecule has 6 heteroatoms. The van der Waals surface area contributed by atoms with E-state index in [1.54, 1.807) is 6.33 Å². The van der Waals surface area contributed by atoms with Crippen molar-refractivity contribution in [2.75, 3.05) is 0 Å². The lowest BCUT2D eigenvalue weighted by Crippen LogP contribution is -2.35. The smallest absolute Gasteiger partial charge is 0.234 e. The molecule has 0 aliphatic carbocycles. The van der Waals surface area contributed by atoms with Crippen molar-refractivity contribution in [2.45, 2.75) is 30.3 Å². The van der Waals surface area contributed by atoms with E-state index in [-0.39, 0.29) is 17.2 Å². The highest BCUT2D eigenvalue weighted by molar-refractivity contribution is 8.00. The lowest BCUT2D eigenvalue weighted by atomic mass is 9.98. The van der Waals surface area contributed by atoms with Crippen molar-refractivity contribution in [2.24, 2.45) is 0 Å². The molecule has 1 atom stereocenters. The topological polar surface area (TPSA) is 59.8 Å². The summed E-state index contributed by atoms with van der Waals surface area (Å²) in [5, 5.41) is 11.9. The summed E-state index contributed by atoms with van der Waals surface area (Å²) in [5.41, 5.74) is 4.22. The summed E-state index contributed by atoms with van der Waals surface area (Å²) in [6.45, 7) is 3.94. The molecule has 0 fully saturated rings. The first-order valence-corrected chi connectivity index (χ1v) is 11.0. The van der Waals surface area contributed by atoms with Gasteiger partial charge in [0.1, 0.15) is 6.33 Å². The van der Waals surface area contributed by atoms with Crippen LogP contribution in [0.15, 0.2) is 96.4 Å².